The van der Waals surface area contributed by atoms with Gasteiger partial charge in [0.05, 0.1) is 41.9 Å². The quantitative estimate of drug-likeness (QED) is 0.270. The molecule has 4 aromatic rings. The van der Waals surface area contributed by atoms with Crippen molar-refractivity contribution in [1.82, 2.24) is 19.4 Å². The van der Waals surface area contributed by atoms with Gasteiger partial charge >= 0.3 is 6.03 Å². The Balaban J connectivity index is 1.20. The Morgan fingerprint density at radius 2 is 1.95 bits per heavy atom. The molecule has 4 heterocycles. The summed E-state index contributed by atoms with van der Waals surface area (Å²) in [5.74, 6) is -0.687. The SMILES string of the molecule is CC(=O)c1ccc2nc(CN3CCN(c4ccc(F)c(COc5ccc(C#N)cc5F)n4)C3=O)n(C[C@@H]3CCO3)c2c1. The minimum absolute atomic E-state index is 0.0368. The van der Waals surface area contributed by atoms with E-state index in [9.17, 15) is 18.4 Å². The molecule has 0 unspecified atom stereocenters. The van der Waals surface area contributed by atoms with E-state index in [0.717, 1.165) is 23.5 Å². The first-order valence-corrected chi connectivity index (χ1v) is 13.5. The predicted molar refractivity (Wildman–Crippen MR) is 147 cm³/mol. The summed E-state index contributed by atoms with van der Waals surface area (Å²) in [5.41, 5.74) is 2.15. The summed E-state index contributed by atoms with van der Waals surface area (Å²) in [4.78, 5) is 37.6. The highest BCUT2D eigenvalue weighted by Gasteiger charge is 2.33. The first-order chi connectivity index (χ1) is 20.3. The van der Waals surface area contributed by atoms with Crippen molar-refractivity contribution in [3.05, 3.63) is 82.8 Å². The average molecular weight is 573 g/mol. The smallest absolute Gasteiger partial charge is 0.326 e. The van der Waals surface area contributed by atoms with Crippen LogP contribution in [0.2, 0.25) is 0 Å². The second-order valence-corrected chi connectivity index (χ2v) is 10.2. The van der Waals surface area contributed by atoms with Gasteiger partial charge in [0.1, 0.15) is 29.8 Å². The van der Waals surface area contributed by atoms with Crippen LogP contribution < -0.4 is 9.64 Å². The fourth-order valence-electron chi connectivity index (χ4n) is 5.02. The number of carbonyl (C=O) groups excluding carboxylic acids is 2. The Morgan fingerprint density at radius 1 is 1.12 bits per heavy atom. The molecule has 2 amide bonds. The molecule has 12 heteroatoms. The molecule has 2 aliphatic rings. The van der Waals surface area contributed by atoms with E-state index in [4.69, 9.17) is 19.7 Å². The van der Waals surface area contributed by atoms with E-state index in [0.29, 0.717) is 37.6 Å². The number of rotatable bonds is 9. The van der Waals surface area contributed by atoms with Crippen LogP contribution in [-0.2, 0) is 24.4 Å². The van der Waals surface area contributed by atoms with Gasteiger partial charge in [0.15, 0.2) is 17.3 Å². The summed E-state index contributed by atoms with van der Waals surface area (Å²) in [6, 6.07) is 13.2. The number of hydrogen-bond acceptors (Lipinski definition) is 7. The summed E-state index contributed by atoms with van der Waals surface area (Å²) >= 11 is 0. The summed E-state index contributed by atoms with van der Waals surface area (Å²) < 4.78 is 41.8. The molecular weight excluding hydrogens is 546 g/mol. The predicted octanol–water partition coefficient (Wildman–Crippen LogP) is 4.59. The molecule has 2 fully saturated rings. The lowest BCUT2D eigenvalue weighted by molar-refractivity contribution is -0.0591. The molecule has 2 aromatic heterocycles. The molecule has 0 saturated carbocycles. The molecule has 2 aliphatic heterocycles. The van der Waals surface area contributed by atoms with Gasteiger partial charge in [-0.3, -0.25) is 9.69 Å². The van der Waals surface area contributed by atoms with Gasteiger partial charge in [-0.2, -0.15) is 5.26 Å². The van der Waals surface area contributed by atoms with Crippen LogP contribution in [0.4, 0.5) is 19.4 Å². The minimum atomic E-state index is -0.747. The van der Waals surface area contributed by atoms with Gasteiger partial charge in [-0.1, -0.05) is 0 Å². The van der Waals surface area contributed by atoms with Gasteiger partial charge in [-0.15, -0.1) is 0 Å². The first-order valence-electron chi connectivity index (χ1n) is 13.5. The Labute approximate surface area is 239 Å². The molecule has 10 nitrogen and oxygen atoms in total. The molecule has 0 bridgehead atoms. The van der Waals surface area contributed by atoms with Crippen LogP contribution in [0, 0.1) is 23.0 Å². The van der Waals surface area contributed by atoms with Gasteiger partial charge in [0, 0.05) is 25.3 Å². The number of urea groups is 1. The number of nitriles is 1. The lowest BCUT2D eigenvalue weighted by Crippen LogP contribution is -2.34. The maximum Gasteiger partial charge on any atom is 0.326 e. The largest absolute Gasteiger partial charge is 0.484 e. The number of halogens is 2. The number of Topliss-reactive ketones (excluding diaryl/α,β-unsaturated/α-hetero) is 1. The summed E-state index contributed by atoms with van der Waals surface area (Å²) in [6.07, 6.45) is 0.955. The van der Waals surface area contributed by atoms with E-state index < -0.39 is 11.6 Å². The number of nitrogens with zero attached hydrogens (tertiary/aromatic N) is 6. The molecule has 0 radical (unpaired) electrons. The first kappa shape index (κ1) is 27.3. The lowest BCUT2D eigenvalue weighted by atomic mass is 10.1. The summed E-state index contributed by atoms with van der Waals surface area (Å²) in [5, 5.41) is 8.90. The van der Waals surface area contributed by atoms with Crippen LogP contribution >= 0.6 is 0 Å². The van der Waals surface area contributed by atoms with E-state index in [1.54, 1.807) is 11.0 Å². The van der Waals surface area contributed by atoms with E-state index in [1.807, 2.05) is 22.8 Å². The second kappa shape index (κ2) is 11.2. The lowest BCUT2D eigenvalue weighted by Gasteiger charge is -2.28. The molecular formula is C30H26F2N6O4. The number of fused-ring (bicyclic) bond motifs is 1. The number of aromatic nitrogens is 3. The number of hydrogen-bond donors (Lipinski definition) is 0. The van der Waals surface area contributed by atoms with Crippen molar-refractivity contribution >= 4 is 28.7 Å². The topological polar surface area (TPSA) is 114 Å². The Kier molecular flexibility index (Phi) is 7.26. The number of carbonyl (C=O) groups is 2. The van der Waals surface area contributed by atoms with Crippen molar-refractivity contribution in [2.75, 3.05) is 24.6 Å². The Hall–Kier alpha value is -4.89. The number of anilines is 1. The van der Waals surface area contributed by atoms with Gasteiger partial charge in [0.2, 0.25) is 0 Å². The maximum atomic E-state index is 14.6. The van der Waals surface area contributed by atoms with Crippen LogP contribution in [0.1, 0.15) is 40.8 Å². The number of pyridine rings is 1. The standard InChI is InChI=1S/C30H26F2N6O4/c1-18(39)20-3-5-24-26(13-20)38(15-21-8-11-41-21)29(34-24)16-36-9-10-37(30(36)40)28-7-4-22(31)25(35-28)17-42-27-6-2-19(14-33)12-23(27)32/h2-7,12-13,21H,8-11,15-17H2,1H3/t21-/m0/s1. The van der Waals surface area contributed by atoms with Crippen LogP contribution in [0.15, 0.2) is 48.5 Å². The van der Waals surface area contributed by atoms with Gasteiger partial charge < -0.3 is 18.9 Å². The van der Waals surface area contributed by atoms with Crippen LogP contribution in [0.5, 0.6) is 5.75 Å². The normalized spacial score (nSPS) is 16.5. The van der Waals surface area contributed by atoms with Crippen molar-refractivity contribution in [2.24, 2.45) is 0 Å². The van der Waals surface area contributed by atoms with E-state index >= 15 is 0 Å². The van der Waals surface area contributed by atoms with E-state index in [-0.39, 0.29) is 53.9 Å². The maximum absolute atomic E-state index is 14.6. The number of benzene rings is 2. The van der Waals surface area contributed by atoms with Crippen molar-refractivity contribution in [3.63, 3.8) is 0 Å². The third kappa shape index (κ3) is 5.26. The molecule has 0 aliphatic carbocycles. The zero-order valence-corrected chi connectivity index (χ0v) is 22.7. The molecule has 2 aromatic carbocycles. The number of amides is 2. The van der Waals surface area contributed by atoms with Gasteiger partial charge in [0.25, 0.3) is 0 Å². The molecule has 42 heavy (non-hydrogen) atoms. The molecule has 6 rings (SSSR count). The molecule has 1 atom stereocenters. The molecule has 0 spiro atoms. The zero-order valence-electron chi connectivity index (χ0n) is 22.7. The molecule has 0 N–H and O–H groups in total. The number of imidazole rings is 1. The Bertz CT molecular complexity index is 1750. The average Bonchev–Trinajstić information content (AvgIpc) is 3.49. The Morgan fingerprint density at radius 3 is 2.67 bits per heavy atom. The van der Waals surface area contributed by atoms with Crippen LogP contribution in [0.25, 0.3) is 11.0 Å². The van der Waals surface area contributed by atoms with Crippen molar-refractivity contribution in [3.8, 4) is 11.8 Å². The highest BCUT2D eigenvalue weighted by molar-refractivity contribution is 5.97. The number of ether oxygens (including phenoxy) is 2. The second-order valence-electron chi connectivity index (χ2n) is 10.2. The van der Waals surface area contributed by atoms with Gasteiger partial charge in [-0.05, 0) is 61.9 Å². The molecule has 2 saturated heterocycles. The van der Waals surface area contributed by atoms with Crippen molar-refractivity contribution in [2.45, 2.75) is 39.1 Å². The van der Waals surface area contributed by atoms with Gasteiger partial charge in [-0.25, -0.2) is 23.5 Å². The van der Waals surface area contributed by atoms with E-state index in [2.05, 4.69) is 4.98 Å². The fraction of sp³-hybridized carbons (Fsp3) is 0.300. The third-order valence-corrected chi connectivity index (χ3v) is 7.45. The minimum Gasteiger partial charge on any atom is -0.484 e. The summed E-state index contributed by atoms with van der Waals surface area (Å²) in [7, 11) is 0. The monoisotopic (exact) mass is 572 g/mol. The van der Waals surface area contributed by atoms with Crippen molar-refractivity contribution in [1.29, 1.82) is 5.26 Å². The number of ketones is 1. The zero-order chi connectivity index (χ0) is 29.4. The third-order valence-electron chi connectivity index (χ3n) is 7.45. The van der Waals surface area contributed by atoms with E-state index in [1.165, 1.54) is 36.1 Å². The highest BCUT2D eigenvalue weighted by Crippen LogP contribution is 2.26. The molecule has 214 valence electrons. The van der Waals surface area contributed by atoms with Crippen LogP contribution in [0.3, 0.4) is 0 Å². The van der Waals surface area contributed by atoms with Crippen LogP contribution in [-0.4, -0.2) is 57.0 Å². The fourth-order valence-corrected chi connectivity index (χ4v) is 5.02. The summed E-state index contributed by atoms with van der Waals surface area (Å²) in [6.45, 7) is 3.34. The highest BCUT2D eigenvalue weighted by atomic mass is 19.1. The van der Waals surface area contributed by atoms with Crippen molar-refractivity contribution < 1.29 is 27.8 Å².